The van der Waals surface area contributed by atoms with Crippen LogP contribution >= 0.6 is 0 Å². The Balaban J connectivity index is 0.000000886. The number of nitriles is 1. The fourth-order valence-electron chi connectivity index (χ4n) is 3.50. The molecule has 1 aliphatic rings. The summed E-state index contributed by atoms with van der Waals surface area (Å²) in [6.45, 7) is 0.495. The van der Waals surface area contributed by atoms with E-state index >= 15 is 0 Å². The molecule has 0 aliphatic carbocycles. The summed E-state index contributed by atoms with van der Waals surface area (Å²) in [7, 11) is 7.41. The zero-order chi connectivity index (χ0) is 27.3. The van der Waals surface area contributed by atoms with Gasteiger partial charge in [-0.3, -0.25) is 14.3 Å². The minimum Gasteiger partial charge on any atom is -0.495 e. The number of carbonyl (C=O) groups excluding carboxylic acids is 2. The highest BCUT2D eigenvalue weighted by Gasteiger charge is 2.33. The first-order valence-electron chi connectivity index (χ1n) is 11.0. The predicted octanol–water partition coefficient (Wildman–Crippen LogP) is 3.87. The third-order valence-electron chi connectivity index (χ3n) is 5.16. The standard InChI is InChI=1S/C22H16F3N5O3.C3H9N/c1-33-18-7-2-13(10-14(18)11-26)20(31)28-17-12-27-30-9-8-29(21(32)19(17)30)16-5-3-15(4-6-16)22(23,24)25;1-4(2)3/h2-7,10,12H,8-9H2,1H3,(H,28,31);1-3H3. The summed E-state index contributed by atoms with van der Waals surface area (Å²) >= 11 is 0. The summed E-state index contributed by atoms with van der Waals surface area (Å²) < 4.78 is 45.0. The van der Waals surface area contributed by atoms with Crippen LogP contribution in [0.1, 0.15) is 32.0 Å². The Morgan fingerprint density at radius 1 is 1.14 bits per heavy atom. The number of nitrogens with one attached hydrogen (secondary N) is 1. The van der Waals surface area contributed by atoms with Gasteiger partial charge in [0.1, 0.15) is 17.5 Å². The Morgan fingerprint density at radius 2 is 1.78 bits per heavy atom. The molecular weight excluding hydrogens is 489 g/mol. The van der Waals surface area contributed by atoms with E-state index in [1.165, 1.54) is 53.2 Å². The number of rotatable bonds is 4. The highest BCUT2D eigenvalue weighted by molar-refractivity contribution is 6.13. The molecule has 12 heteroatoms. The van der Waals surface area contributed by atoms with Crippen LogP contribution in [0.5, 0.6) is 5.75 Å². The van der Waals surface area contributed by atoms with Crippen LogP contribution in [0.15, 0.2) is 48.7 Å². The monoisotopic (exact) mass is 514 g/mol. The number of hydrogen-bond acceptors (Lipinski definition) is 6. The number of nitrogens with zero attached hydrogens (tertiary/aromatic N) is 5. The Kier molecular flexibility index (Phi) is 8.19. The molecule has 1 aliphatic heterocycles. The minimum atomic E-state index is -4.48. The number of methoxy groups -OCH3 is 1. The van der Waals surface area contributed by atoms with Crippen LogP contribution in [0.25, 0.3) is 0 Å². The number of carbonyl (C=O) groups is 2. The molecule has 2 heterocycles. The van der Waals surface area contributed by atoms with Crippen molar-refractivity contribution in [2.45, 2.75) is 12.7 Å². The molecule has 2 aromatic carbocycles. The number of ether oxygens (including phenoxy) is 1. The number of halogens is 3. The minimum absolute atomic E-state index is 0.100. The highest BCUT2D eigenvalue weighted by Crippen LogP contribution is 2.32. The summed E-state index contributed by atoms with van der Waals surface area (Å²) in [6, 6.07) is 10.5. The van der Waals surface area contributed by atoms with Crippen molar-refractivity contribution in [1.82, 2.24) is 14.7 Å². The molecule has 9 nitrogen and oxygen atoms in total. The van der Waals surface area contributed by atoms with Crippen molar-refractivity contribution < 1.29 is 27.5 Å². The SMILES string of the molecule is CN(C)C.COc1ccc(C(=O)Nc2cnn3c2C(=O)N(c2ccc(C(F)(F)F)cc2)CC3)cc1C#N. The quantitative estimate of drug-likeness (QED) is 0.567. The van der Waals surface area contributed by atoms with Crippen molar-refractivity contribution in [2.24, 2.45) is 0 Å². The maximum absolute atomic E-state index is 13.1. The van der Waals surface area contributed by atoms with E-state index in [0.29, 0.717) is 18.0 Å². The molecule has 0 unspecified atom stereocenters. The summed E-state index contributed by atoms with van der Waals surface area (Å²) in [6.07, 6.45) is -3.15. The molecule has 0 fully saturated rings. The molecule has 1 N–H and O–H groups in total. The van der Waals surface area contributed by atoms with Gasteiger partial charge in [0.25, 0.3) is 11.8 Å². The van der Waals surface area contributed by atoms with E-state index < -0.39 is 23.6 Å². The number of amides is 2. The second-order valence-corrected chi connectivity index (χ2v) is 8.45. The molecule has 0 spiro atoms. The van der Waals surface area contributed by atoms with E-state index in [4.69, 9.17) is 4.74 Å². The largest absolute Gasteiger partial charge is 0.495 e. The molecule has 194 valence electrons. The Labute approximate surface area is 211 Å². The zero-order valence-corrected chi connectivity index (χ0v) is 20.6. The first-order valence-corrected chi connectivity index (χ1v) is 11.0. The van der Waals surface area contributed by atoms with Gasteiger partial charge in [-0.05, 0) is 63.6 Å². The lowest BCUT2D eigenvalue weighted by Crippen LogP contribution is -2.41. The number of anilines is 2. The molecule has 3 aromatic rings. The number of hydrogen-bond donors (Lipinski definition) is 1. The average Bonchev–Trinajstić information content (AvgIpc) is 3.26. The van der Waals surface area contributed by atoms with E-state index in [-0.39, 0.29) is 29.1 Å². The highest BCUT2D eigenvalue weighted by atomic mass is 19.4. The number of fused-ring (bicyclic) bond motifs is 1. The van der Waals surface area contributed by atoms with E-state index in [2.05, 4.69) is 10.4 Å². The molecule has 0 bridgehead atoms. The molecule has 0 atom stereocenters. The van der Waals surface area contributed by atoms with Gasteiger partial charge >= 0.3 is 6.18 Å². The molecule has 37 heavy (non-hydrogen) atoms. The number of alkyl halides is 3. The smallest absolute Gasteiger partial charge is 0.416 e. The van der Waals surface area contributed by atoms with Gasteiger partial charge in [0, 0.05) is 17.8 Å². The van der Waals surface area contributed by atoms with Crippen LogP contribution in [0.4, 0.5) is 24.5 Å². The third-order valence-corrected chi connectivity index (χ3v) is 5.16. The van der Waals surface area contributed by atoms with E-state index in [9.17, 15) is 28.0 Å². The van der Waals surface area contributed by atoms with Crippen LogP contribution in [-0.4, -0.2) is 61.3 Å². The topological polar surface area (TPSA) is 103 Å². The lowest BCUT2D eigenvalue weighted by molar-refractivity contribution is -0.137. The first kappa shape index (κ1) is 27.2. The van der Waals surface area contributed by atoms with Gasteiger partial charge in [-0.2, -0.15) is 23.5 Å². The van der Waals surface area contributed by atoms with Crippen LogP contribution in [0.3, 0.4) is 0 Å². The molecular formula is C25H25F3N6O3. The maximum atomic E-state index is 13.1. The lowest BCUT2D eigenvalue weighted by Gasteiger charge is -2.28. The molecule has 0 saturated heterocycles. The van der Waals surface area contributed by atoms with Crippen molar-refractivity contribution >= 4 is 23.2 Å². The summed E-state index contributed by atoms with van der Waals surface area (Å²) in [5.41, 5.74) is 0.0813. The fraction of sp³-hybridized carbons (Fsp3) is 0.280. The first-order chi connectivity index (χ1) is 17.5. The van der Waals surface area contributed by atoms with Gasteiger partial charge in [0.05, 0.1) is 36.7 Å². The lowest BCUT2D eigenvalue weighted by atomic mass is 10.1. The maximum Gasteiger partial charge on any atom is 0.416 e. The van der Waals surface area contributed by atoms with Crippen molar-refractivity contribution in [3.05, 3.63) is 71.0 Å². The fourth-order valence-corrected chi connectivity index (χ4v) is 3.50. The van der Waals surface area contributed by atoms with Gasteiger partial charge in [0.2, 0.25) is 0 Å². The Morgan fingerprint density at radius 3 is 2.35 bits per heavy atom. The molecule has 1 aromatic heterocycles. The number of benzene rings is 2. The average molecular weight is 515 g/mol. The van der Waals surface area contributed by atoms with E-state index in [1.54, 1.807) is 0 Å². The van der Waals surface area contributed by atoms with E-state index in [1.807, 2.05) is 32.1 Å². The molecule has 0 saturated carbocycles. The van der Waals surface area contributed by atoms with Crippen LogP contribution in [0.2, 0.25) is 0 Å². The van der Waals surface area contributed by atoms with Gasteiger partial charge in [-0.15, -0.1) is 0 Å². The van der Waals surface area contributed by atoms with Gasteiger partial charge in [-0.25, -0.2) is 0 Å². The van der Waals surface area contributed by atoms with E-state index in [0.717, 1.165) is 12.1 Å². The van der Waals surface area contributed by atoms with Gasteiger partial charge < -0.3 is 19.9 Å². The van der Waals surface area contributed by atoms with Crippen molar-refractivity contribution in [1.29, 1.82) is 5.26 Å². The Hall–Kier alpha value is -4.37. The Bertz CT molecular complexity index is 1320. The molecule has 0 radical (unpaired) electrons. The summed E-state index contributed by atoms with van der Waals surface area (Å²) in [5, 5.41) is 16.0. The predicted molar refractivity (Wildman–Crippen MR) is 131 cm³/mol. The zero-order valence-electron chi connectivity index (χ0n) is 20.6. The van der Waals surface area contributed by atoms with Crippen molar-refractivity contribution in [3.8, 4) is 11.8 Å². The second kappa shape index (κ2) is 11.1. The number of aromatic nitrogens is 2. The second-order valence-electron chi connectivity index (χ2n) is 8.45. The molecule has 4 rings (SSSR count). The van der Waals surface area contributed by atoms with Crippen molar-refractivity contribution in [3.63, 3.8) is 0 Å². The summed E-state index contributed by atoms with van der Waals surface area (Å²) in [5.74, 6) is -0.759. The normalized spacial score (nSPS) is 12.8. The van der Waals surface area contributed by atoms with Crippen LogP contribution < -0.4 is 15.0 Å². The van der Waals surface area contributed by atoms with Crippen LogP contribution in [0, 0.1) is 11.3 Å². The van der Waals surface area contributed by atoms with Gasteiger partial charge in [0.15, 0.2) is 0 Å². The van der Waals surface area contributed by atoms with Crippen LogP contribution in [-0.2, 0) is 12.7 Å². The van der Waals surface area contributed by atoms with Gasteiger partial charge in [-0.1, -0.05) is 0 Å². The third kappa shape index (κ3) is 6.25. The summed E-state index contributed by atoms with van der Waals surface area (Å²) in [4.78, 5) is 29.2. The molecule has 2 amide bonds. The van der Waals surface area contributed by atoms with Crippen molar-refractivity contribution in [2.75, 3.05) is 45.0 Å².